The zero-order valence-corrected chi connectivity index (χ0v) is 23.4. The molecule has 8 nitrogen and oxygen atoms in total. The van der Waals surface area contributed by atoms with E-state index in [9.17, 15) is 19.2 Å². The van der Waals surface area contributed by atoms with Crippen molar-refractivity contribution >= 4 is 74.4 Å². The van der Waals surface area contributed by atoms with Crippen LogP contribution in [-0.2, 0) is 19.1 Å². The Bertz CT molecular complexity index is 1400. The highest BCUT2D eigenvalue weighted by Crippen LogP contribution is 2.37. The Hall–Kier alpha value is -3.40. The predicted octanol–water partition coefficient (Wildman–Crippen LogP) is 4.55. The number of amides is 3. The maximum atomic E-state index is 12.9. The molecule has 1 atom stereocenters. The molecule has 1 aromatic heterocycles. The van der Waals surface area contributed by atoms with Crippen LogP contribution in [0.5, 0.6) is 0 Å². The van der Waals surface area contributed by atoms with Crippen molar-refractivity contribution in [3.05, 3.63) is 75.1 Å². The Morgan fingerprint density at radius 3 is 2.51 bits per heavy atom. The quantitative estimate of drug-likeness (QED) is 0.297. The van der Waals surface area contributed by atoms with Gasteiger partial charge in [0.2, 0.25) is 11.8 Å². The predicted molar refractivity (Wildman–Crippen MR) is 153 cm³/mol. The van der Waals surface area contributed by atoms with Crippen LogP contribution in [0, 0.1) is 5.92 Å². The van der Waals surface area contributed by atoms with Gasteiger partial charge in [-0.05, 0) is 59.5 Å². The van der Waals surface area contributed by atoms with E-state index in [0.29, 0.717) is 47.1 Å². The van der Waals surface area contributed by atoms with Crippen LogP contribution in [0.1, 0.15) is 28.8 Å². The number of likely N-dealkylation sites (tertiary alicyclic amines) is 1. The minimum atomic E-state index is -1.03. The Morgan fingerprint density at radius 2 is 1.82 bits per heavy atom. The summed E-state index contributed by atoms with van der Waals surface area (Å²) in [5.74, 6) is -1.93. The largest absolute Gasteiger partial charge is 0.467 e. The third-order valence-corrected chi connectivity index (χ3v) is 8.48. The molecule has 0 aliphatic carbocycles. The number of nitrogens with zero attached hydrogens (tertiary/aromatic N) is 1. The second kappa shape index (κ2) is 13.1. The summed E-state index contributed by atoms with van der Waals surface area (Å²) < 4.78 is 5.70. The Morgan fingerprint density at radius 1 is 1.10 bits per heavy atom. The van der Waals surface area contributed by atoms with Gasteiger partial charge >= 0.3 is 5.97 Å². The number of hydrogen-bond acceptors (Lipinski definition) is 6. The molecule has 0 spiro atoms. The van der Waals surface area contributed by atoms with E-state index in [0.717, 1.165) is 10.1 Å². The van der Waals surface area contributed by atoms with Gasteiger partial charge in [-0.1, -0.05) is 41.4 Å². The lowest BCUT2D eigenvalue weighted by Gasteiger charge is -2.31. The Kier molecular flexibility index (Phi) is 9.61. The van der Waals surface area contributed by atoms with E-state index in [2.05, 4.69) is 10.6 Å². The molecule has 1 unspecified atom stereocenters. The number of thiophene rings is 1. The second-order valence-corrected chi connectivity index (χ2v) is 10.7. The lowest BCUT2D eigenvalue weighted by atomic mass is 9.95. The molecule has 1 fully saturated rings. The summed E-state index contributed by atoms with van der Waals surface area (Å²) >= 11 is 14.3. The van der Waals surface area contributed by atoms with Gasteiger partial charge < -0.3 is 20.3 Å². The van der Waals surface area contributed by atoms with Crippen molar-refractivity contribution in [2.24, 2.45) is 5.92 Å². The number of benzene rings is 2. The van der Waals surface area contributed by atoms with E-state index in [1.54, 1.807) is 41.3 Å². The molecule has 2 N–H and O–H groups in total. The summed E-state index contributed by atoms with van der Waals surface area (Å²) in [5.41, 5.74) is 1.10. The van der Waals surface area contributed by atoms with Gasteiger partial charge in [0.1, 0.15) is 6.04 Å². The molecule has 11 heteroatoms. The fourth-order valence-corrected chi connectivity index (χ4v) is 5.77. The van der Waals surface area contributed by atoms with Gasteiger partial charge in [-0.3, -0.25) is 14.4 Å². The maximum absolute atomic E-state index is 12.9. The Labute approximate surface area is 239 Å². The number of hydrogen-bond donors (Lipinski definition) is 2. The summed E-state index contributed by atoms with van der Waals surface area (Å²) in [7, 11) is 1.22. The highest BCUT2D eigenvalue weighted by Gasteiger charge is 2.30. The van der Waals surface area contributed by atoms with E-state index in [1.807, 2.05) is 17.5 Å². The zero-order chi connectivity index (χ0) is 27.9. The first kappa shape index (κ1) is 28.6. The van der Waals surface area contributed by atoms with E-state index >= 15 is 0 Å². The number of fused-ring (bicyclic) bond motifs is 1. The van der Waals surface area contributed by atoms with E-state index < -0.39 is 12.0 Å². The number of rotatable bonds is 8. The zero-order valence-electron chi connectivity index (χ0n) is 21.1. The molecule has 39 heavy (non-hydrogen) atoms. The minimum absolute atomic E-state index is 0.113. The number of esters is 1. The average Bonchev–Trinajstić information content (AvgIpc) is 3.44. The van der Waals surface area contributed by atoms with Crippen LogP contribution in [0.15, 0.2) is 53.9 Å². The summed E-state index contributed by atoms with van der Waals surface area (Å²) in [6.45, 7) is 0.651. The number of methoxy groups -OCH3 is 1. The molecule has 0 saturated carbocycles. The maximum Gasteiger partial charge on any atom is 0.330 e. The lowest BCUT2D eigenvalue weighted by molar-refractivity contribution is -0.145. The third-order valence-electron chi connectivity index (χ3n) is 6.54. The molecule has 4 rings (SSSR count). The minimum Gasteiger partial charge on any atom is -0.467 e. The topological polar surface area (TPSA) is 105 Å². The van der Waals surface area contributed by atoms with Crippen LogP contribution in [0.25, 0.3) is 16.2 Å². The second-order valence-electron chi connectivity index (χ2n) is 9.03. The number of carbonyl (C=O) groups excluding carboxylic acids is 4. The highest BCUT2D eigenvalue weighted by molar-refractivity contribution is 7.18. The van der Waals surface area contributed by atoms with E-state index in [4.69, 9.17) is 27.9 Å². The SMILES string of the molecule is COC(=O)C(CNC(=O)c1ccccc1)NC(=O)C1CCN(C(=O)C=Cc2cc3ccsc3c(Cl)c2Cl)CC1. The first-order valence-electron chi connectivity index (χ1n) is 12.3. The number of ether oxygens (including phenoxy) is 1. The molecule has 0 bridgehead atoms. The first-order chi connectivity index (χ1) is 18.8. The number of piperidine rings is 1. The van der Waals surface area contributed by atoms with E-state index in [-0.39, 0.29) is 30.2 Å². The highest BCUT2D eigenvalue weighted by atomic mass is 35.5. The summed E-state index contributed by atoms with van der Waals surface area (Å²) in [6.07, 6.45) is 3.97. The molecule has 3 aromatic rings. The van der Waals surface area contributed by atoms with Gasteiger partial charge in [0, 0.05) is 37.2 Å². The molecule has 204 valence electrons. The van der Waals surface area contributed by atoms with Crippen molar-refractivity contribution in [2.75, 3.05) is 26.7 Å². The van der Waals surface area contributed by atoms with Gasteiger partial charge in [0.05, 0.1) is 21.9 Å². The normalized spacial score (nSPS) is 14.8. The fourth-order valence-electron chi connectivity index (χ4n) is 4.33. The summed E-state index contributed by atoms with van der Waals surface area (Å²) in [6, 6.07) is 11.4. The van der Waals surface area contributed by atoms with Crippen molar-refractivity contribution in [3.63, 3.8) is 0 Å². The van der Waals surface area contributed by atoms with Crippen molar-refractivity contribution in [2.45, 2.75) is 18.9 Å². The van der Waals surface area contributed by atoms with Crippen LogP contribution < -0.4 is 10.6 Å². The van der Waals surface area contributed by atoms with Crippen molar-refractivity contribution in [3.8, 4) is 0 Å². The molecule has 1 aliphatic rings. The molecule has 1 saturated heterocycles. The number of halogens is 2. The molecule has 2 aromatic carbocycles. The van der Waals surface area contributed by atoms with Gasteiger partial charge in [-0.15, -0.1) is 11.3 Å². The first-order valence-corrected chi connectivity index (χ1v) is 14.0. The van der Waals surface area contributed by atoms with Gasteiger partial charge in [0.25, 0.3) is 5.91 Å². The summed E-state index contributed by atoms with van der Waals surface area (Å²) in [4.78, 5) is 52.0. The molecule has 1 aliphatic heterocycles. The monoisotopic (exact) mass is 587 g/mol. The van der Waals surface area contributed by atoms with E-state index in [1.165, 1.54) is 24.5 Å². The van der Waals surface area contributed by atoms with Gasteiger partial charge in [0.15, 0.2) is 0 Å². The third kappa shape index (κ3) is 6.98. The van der Waals surface area contributed by atoms with Gasteiger partial charge in [-0.2, -0.15) is 0 Å². The van der Waals surface area contributed by atoms with Gasteiger partial charge in [-0.25, -0.2) is 4.79 Å². The number of nitrogens with one attached hydrogen (secondary N) is 2. The van der Waals surface area contributed by atoms with Crippen molar-refractivity contribution < 1.29 is 23.9 Å². The fraction of sp³-hybridized carbons (Fsp3) is 0.286. The lowest BCUT2D eigenvalue weighted by Crippen LogP contribution is -2.52. The Balaban J connectivity index is 1.30. The van der Waals surface area contributed by atoms with Crippen LogP contribution in [0.3, 0.4) is 0 Å². The van der Waals surface area contributed by atoms with Crippen LogP contribution >= 0.6 is 34.5 Å². The number of carbonyl (C=O) groups is 4. The molecule has 0 radical (unpaired) electrons. The van der Waals surface area contributed by atoms with Crippen LogP contribution in [-0.4, -0.2) is 61.4 Å². The molecule has 3 amide bonds. The standard InChI is InChI=1S/C28H27Cl2N3O5S/c1-38-28(37)21(16-31-26(35)17-5-3-2-4-6-17)32-27(36)18-9-12-33(13-10-18)22(34)8-7-19-15-20-11-14-39-25(20)24(30)23(19)29/h2-8,11,14-15,18,21H,9-10,12-13,16H2,1H3,(H,31,35)(H,32,36). The molecule has 2 heterocycles. The average molecular weight is 589 g/mol. The van der Waals surface area contributed by atoms with Crippen LogP contribution in [0.2, 0.25) is 10.0 Å². The van der Waals surface area contributed by atoms with Crippen molar-refractivity contribution in [1.82, 2.24) is 15.5 Å². The van der Waals surface area contributed by atoms with Crippen LogP contribution in [0.4, 0.5) is 0 Å². The molecular weight excluding hydrogens is 561 g/mol. The smallest absolute Gasteiger partial charge is 0.330 e. The van der Waals surface area contributed by atoms with Crippen molar-refractivity contribution in [1.29, 1.82) is 0 Å². The molecular formula is C28H27Cl2N3O5S. The summed E-state index contributed by atoms with van der Waals surface area (Å²) in [5, 5.41) is 9.09.